The van der Waals surface area contributed by atoms with Crippen molar-refractivity contribution in [2.24, 2.45) is 45.7 Å². The minimum atomic E-state index is -0.280. The minimum absolute atomic E-state index is 0.0290. The molecule has 0 heterocycles. The third-order valence-corrected chi connectivity index (χ3v) is 8.93. The second-order valence-corrected chi connectivity index (χ2v) is 12.8. The molecule has 2 saturated carbocycles. The molecule has 0 spiro atoms. The highest BCUT2D eigenvalue weighted by atomic mass is 16.5. The largest absolute Gasteiger partial charge is 0.458 e. The van der Waals surface area contributed by atoms with Crippen LogP contribution in [-0.4, -0.2) is 24.1 Å². The highest BCUT2D eigenvalue weighted by Crippen LogP contribution is 2.37. The Hall–Kier alpha value is -3.02. The summed E-state index contributed by atoms with van der Waals surface area (Å²) in [5, 5.41) is 8.60. The molecule has 0 saturated heterocycles. The number of nitrogens with zero attached hydrogens (tertiary/aromatic N) is 2. The van der Waals surface area contributed by atoms with Crippen molar-refractivity contribution >= 4 is 23.3 Å². The van der Waals surface area contributed by atoms with Gasteiger partial charge in [-0.2, -0.15) is 10.2 Å². The zero-order chi connectivity index (χ0) is 28.8. The van der Waals surface area contributed by atoms with Gasteiger partial charge in [-0.25, -0.2) is 9.59 Å². The van der Waals surface area contributed by atoms with Gasteiger partial charge in [-0.05, 0) is 110 Å². The molecule has 0 amide bonds. The van der Waals surface area contributed by atoms with E-state index in [-0.39, 0.29) is 24.1 Å². The number of hydrogen-bond acceptors (Lipinski definition) is 6. The number of azo groups is 1. The number of esters is 2. The van der Waals surface area contributed by atoms with Gasteiger partial charge in [-0.15, -0.1) is 0 Å². The summed E-state index contributed by atoms with van der Waals surface area (Å²) in [6, 6.07) is 14.0. The number of carbonyl (C=O) groups is 2. The molecule has 2 fully saturated rings. The molecule has 0 aromatic heterocycles. The Morgan fingerprint density at radius 1 is 0.625 bits per heavy atom. The summed E-state index contributed by atoms with van der Waals surface area (Å²) in [5.41, 5.74) is 2.32. The van der Waals surface area contributed by atoms with Gasteiger partial charge in [0.25, 0.3) is 0 Å². The van der Waals surface area contributed by atoms with Gasteiger partial charge in [0.2, 0.25) is 0 Å². The molecule has 2 aromatic carbocycles. The SMILES string of the molecule is CC1CCC(C(C)C)C(OC(=O)c2ccc(N=Nc3ccc(C(=O)OC4CC(C)CCC4C(C)C)cc3)cc2)C1. The van der Waals surface area contributed by atoms with Crippen LogP contribution in [0.4, 0.5) is 11.4 Å². The number of rotatable bonds is 8. The van der Waals surface area contributed by atoms with Crippen LogP contribution < -0.4 is 0 Å². The lowest BCUT2D eigenvalue weighted by Crippen LogP contribution is -2.35. The molecular weight excluding hydrogens is 500 g/mol. The van der Waals surface area contributed by atoms with E-state index >= 15 is 0 Å². The Morgan fingerprint density at radius 2 is 0.975 bits per heavy atom. The third-order valence-electron chi connectivity index (χ3n) is 8.93. The van der Waals surface area contributed by atoms with E-state index in [1.165, 1.54) is 12.8 Å². The molecule has 40 heavy (non-hydrogen) atoms. The quantitative estimate of drug-likeness (QED) is 0.244. The standard InChI is InChI=1S/C34H46N2O4/c1-21(2)29-17-7-23(5)19-31(29)39-33(37)25-9-13-27(14-10-25)35-36-28-15-11-26(12-16-28)34(38)40-32-20-24(6)8-18-30(32)22(3)4/h9-16,21-24,29-32H,7-8,17-20H2,1-6H3. The maximum atomic E-state index is 12.8. The van der Waals surface area contributed by atoms with Crippen molar-refractivity contribution in [1.82, 2.24) is 0 Å². The monoisotopic (exact) mass is 546 g/mol. The molecule has 2 aliphatic carbocycles. The van der Waals surface area contributed by atoms with Crippen molar-refractivity contribution < 1.29 is 19.1 Å². The summed E-state index contributed by atoms with van der Waals surface area (Å²) in [7, 11) is 0. The van der Waals surface area contributed by atoms with Gasteiger partial charge >= 0.3 is 11.9 Å². The van der Waals surface area contributed by atoms with Gasteiger partial charge in [0.15, 0.2) is 0 Å². The van der Waals surface area contributed by atoms with Crippen molar-refractivity contribution in [2.75, 3.05) is 0 Å². The maximum absolute atomic E-state index is 12.8. The van der Waals surface area contributed by atoms with Crippen molar-refractivity contribution in [1.29, 1.82) is 0 Å². The molecule has 2 aliphatic rings. The van der Waals surface area contributed by atoms with Crippen molar-refractivity contribution in [3.8, 4) is 0 Å². The topological polar surface area (TPSA) is 77.3 Å². The van der Waals surface area contributed by atoms with E-state index in [1.807, 2.05) is 0 Å². The highest BCUT2D eigenvalue weighted by molar-refractivity contribution is 5.90. The van der Waals surface area contributed by atoms with Crippen LogP contribution in [0.1, 0.15) is 101 Å². The predicted molar refractivity (Wildman–Crippen MR) is 158 cm³/mol. The fraction of sp³-hybridized carbons (Fsp3) is 0.588. The molecule has 6 unspecified atom stereocenters. The number of benzene rings is 2. The first kappa shape index (κ1) is 30.0. The number of hydrogen-bond donors (Lipinski definition) is 0. The lowest BCUT2D eigenvalue weighted by atomic mass is 9.75. The average Bonchev–Trinajstić information content (AvgIpc) is 2.92. The van der Waals surface area contributed by atoms with Gasteiger partial charge in [-0.1, -0.05) is 54.4 Å². The van der Waals surface area contributed by atoms with Crippen LogP contribution in [0.15, 0.2) is 58.8 Å². The molecule has 0 aliphatic heterocycles. The maximum Gasteiger partial charge on any atom is 0.338 e. The van der Waals surface area contributed by atoms with E-state index in [2.05, 4.69) is 51.8 Å². The van der Waals surface area contributed by atoms with Crippen LogP contribution in [0.2, 0.25) is 0 Å². The van der Waals surface area contributed by atoms with Gasteiger partial charge < -0.3 is 9.47 Å². The van der Waals surface area contributed by atoms with Crippen LogP contribution in [0, 0.1) is 35.5 Å². The van der Waals surface area contributed by atoms with Crippen LogP contribution in [0.25, 0.3) is 0 Å². The first-order chi connectivity index (χ1) is 19.1. The molecule has 0 N–H and O–H groups in total. The number of carbonyl (C=O) groups excluding carboxylic acids is 2. The average molecular weight is 547 g/mol. The van der Waals surface area contributed by atoms with Crippen molar-refractivity contribution in [3.05, 3.63) is 59.7 Å². The Labute approximate surface area is 240 Å². The van der Waals surface area contributed by atoms with Crippen LogP contribution in [0.3, 0.4) is 0 Å². The molecule has 0 radical (unpaired) electrons. The summed E-state index contributed by atoms with van der Waals surface area (Å²) >= 11 is 0. The van der Waals surface area contributed by atoms with Gasteiger partial charge in [0, 0.05) is 0 Å². The Balaban J connectivity index is 1.32. The molecule has 6 atom stereocenters. The van der Waals surface area contributed by atoms with E-state index in [4.69, 9.17) is 9.47 Å². The fourth-order valence-electron chi connectivity index (χ4n) is 6.36. The molecule has 6 nitrogen and oxygen atoms in total. The van der Waals surface area contributed by atoms with Crippen molar-refractivity contribution in [3.63, 3.8) is 0 Å². The zero-order valence-corrected chi connectivity index (χ0v) is 25.0. The van der Waals surface area contributed by atoms with E-state index < -0.39 is 0 Å². The molecular formula is C34H46N2O4. The lowest BCUT2D eigenvalue weighted by Gasteiger charge is -2.36. The molecule has 0 bridgehead atoms. The first-order valence-corrected chi connectivity index (χ1v) is 15.1. The predicted octanol–water partition coefficient (Wildman–Crippen LogP) is 9.34. The fourth-order valence-corrected chi connectivity index (χ4v) is 6.36. The van der Waals surface area contributed by atoms with Crippen LogP contribution in [-0.2, 0) is 9.47 Å². The van der Waals surface area contributed by atoms with E-state index in [1.54, 1.807) is 48.5 Å². The second kappa shape index (κ2) is 13.6. The lowest BCUT2D eigenvalue weighted by molar-refractivity contribution is -0.0181. The van der Waals surface area contributed by atoms with E-state index in [0.717, 1.165) is 25.7 Å². The van der Waals surface area contributed by atoms with Gasteiger partial charge in [-0.3, -0.25) is 0 Å². The second-order valence-electron chi connectivity index (χ2n) is 12.8. The summed E-state index contributed by atoms with van der Waals surface area (Å²) in [6.45, 7) is 13.3. The van der Waals surface area contributed by atoms with Crippen molar-refractivity contribution in [2.45, 2.75) is 92.3 Å². The van der Waals surface area contributed by atoms with Crippen LogP contribution in [0.5, 0.6) is 0 Å². The Kier molecular flexibility index (Phi) is 10.2. The third kappa shape index (κ3) is 7.80. The Morgan fingerprint density at radius 3 is 1.30 bits per heavy atom. The number of ether oxygens (including phenoxy) is 2. The zero-order valence-electron chi connectivity index (χ0n) is 25.0. The van der Waals surface area contributed by atoms with Gasteiger partial charge in [0.05, 0.1) is 22.5 Å². The van der Waals surface area contributed by atoms with E-state index in [9.17, 15) is 9.59 Å². The molecule has 6 heteroatoms. The summed E-state index contributed by atoms with van der Waals surface area (Å²) in [4.78, 5) is 25.7. The molecule has 216 valence electrons. The van der Waals surface area contributed by atoms with Crippen LogP contribution >= 0.6 is 0 Å². The molecule has 4 rings (SSSR count). The first-order valence-electron chi connectivity index (χ1n) is 15.1. The smallest absolute Gasteiger partial charge is 0.338 e. The molecule has 2 aromatic rings. The summed E-state index contributed by atoms with van der Waals surface area (Å²) < 4.78 is 11.9. The summed E-state index contributed by atoms with van der Waals surface area (Å²) in [5.74, 6) is 2.40. The van der Waals surface area contributed by atoms with E-state index in [0.29, 0.717) is 58.0 Å². The Bertz CT molecular complexity index is 1060. The normalized spacial score (nSPS) is 27.2. The summed E-state index contributed by atoms with van der Waals surface area (Å²) in [6.07, 6.45) is 6.40. The van der Waals surface area contributed by atoms with Gasteiger partial charge in [0.1, 0.15) is 12.2 Å². The minimum Gasteiger partial charge on any atom is -0.458 e. The highest BCUT2D eigenvalue weighted by Gasteiger charge is 2.34.